The van der Waals surface area contributed by atoms with Crippen LogP contribution >= 0.6 is 0 Å². The lowest BCUT2D eigenvalue weighted by molar-refractivity contribution is -0.151. The molecule has 0 bridgehead atoms. The van der Waals surface area contributed by atoms with Crippen LogP contribution in [0.5, 0.6) is 0 Å². The molecule has 0 amide bonds. The highest BCUT2D eigenvalue weighted by atomic mass is 16.5. The standard InChI is InChI=1S/C19H31N3O3/c1-14-8-4-6-10-18(25-19(24)11-7-5-9-14)15(2)12-22-13-17(16(3)23)20-21-22/h4,6,13-16,18,23H,5,7-12H2,1-3H3/b6-4+/t14-,15+,16+,18-/m1/s1. The number of allylic oxidation sites excluding steroid dienone is 1. The minimum atomic E-state index is -0.631. The zero-order valence-corrected chi connectivity index (χ0v) is 15.6. The fourth-order valence-electron chi connectivity index (χ4n) is 3.07. The van der Waals surface area contributed by atoms with Gasteiger partial charge in [0.2, 0.25) is 0 Å². The topological polar surface area (TPSA) is 77.2 Å². The molecule has 1 aromatic rings. The van der Waals surface area contributed by atoms with Crippen molar-refractivity contribution in [1.82, 2.24) is 15.0 Å². The van der Waals surface area contributed by atoms with E-state index in [1.54, 1.807) is 17.8 Å². The van der Waals surface area contributed by atoms with Gasteiger partial charge in [-0.25, -0.2) is 0 Å². The highest BCUT2D eigenvalue weighted by Gasteiger charge is 2.22. The van der Waals surface area contributed by atoms with Gasteiger partial charge in [-0.3, -0.25) is 9.48 Å². The SMILES string of the molecule is C[C@@H]1C/C=C/C[C@H]([C@@H](C)Cn2cc([C@H](C)O)nn2)OC(=O)CCCC1. The monoisotopic (exact) mass is 349 g/mol. The van der Waals surface area contributed by atoms with Gasteiger partial charge in [0, 0.05) is 25.3 Å². The Hall–Kier alpha value is -1.69. The Morgan fingerprint density at radius 1 is 1.32 bits per heavy atom. The third kappa shape index (κ3) is 6.61. The number of rotatable bonds is 4. The van der Waals surface area contributed by atoms with Gasteiger partial charge in [0.05, 0.1) is 12.3 Å². The molecule has 0 fully saturated rings. The van der Waals surface area contributed by atoms with E-state index in [4.69, 9.17) is 4.74 Å². The summed E-state index contributed by atoms with van der Waals surface area (Å²) in [5, 5.41) is 17.6. The summed E-state index contributed by atoms with van der Waals surface area (Å²) in [5.41, 5.74) is 0.553. The molecule has 140 valence electrons. The smallest absolute Gasteiger partial charge is 0.306 e. The predicted octanol–water partition coefficient (Wildman–Crippen LogP) is 3.43. The van der Waals surface area contributed by atoms with E-state index < -0.39 is 6.10 Å². The van der Waals surface area contributed by atoms with Crippen LogP contribution in [0.1, 0.15) is 71.1 Å². The van der Waals surface area contributed by atoms with Gasteiger partial charge in [0.25, 0.3) is 0 Å². The number of aliphatic hydroxyl groups is 1. The van der Waals surface area contributed by atoms with Gasteiger partial charge in [-0.15, -0.1) is 5.10 Å². The molecule has 0 saturated heterocycles. The summed E-state index contributed by atoms with van der Waals surface area (Å²) in [6.07, 6.45) is 10.7. The Labute approximate surface area is 150 Å². The van der Waals surface area contributed by atoms with Gasteiger partial charge in [-0.2, -0.15) is 0 Å². The van der Waals surface area contributed by atoms with E-state index in [2.05, 4.69) is 36.3 Å². The highest BCUT2D eigenvalue weighted by Crippen LogP contribution is 2.20. The van der Waals surface area contributed by atoms with Crippen LogP contribution in [-0.2, 0) is 16.1 Å². The van der Waals surface area contributed by atoms with Crippen molar-refractivity contribution in [3.8, 4) is 0 Å². The fraction of sp³-hybridized carbons (Fsp3) is 0.737. The number of carbonyl (C=O) groups excluding carboxylic acids is 1. The van der Waals surface area contributed by atoms with E-state index in [9.17, 15) is 9.90 Å². The van der Waals surface area contributed by atoms with Crippen molar-refractivity contribution in [2.45, 2.75) is 78.0 Å². The molecule has 4 atom stereocenters. The molecule has 6 heteroatoms. The molecule has 1 aromatic heterocycles. The number of ether oxygens (including phenoxy) is 1. The van der Waals surface area contributed by atoms with Crippen LogP contribution < -0.4 is 0 Å². The fourth-order valence-corrected chi connectivity index (χ4v) is 3.07. The third-order valence-electron chi connectivity index (χ3n) is 4.78. The average molecular weight is 349 g/mol. The molecule has 1 aliphatic heterocycles. The Balaban J connectivity index is 2.00. The molecule has 0 unspecified atom stereocenters. The molecule has 0 radical (unpaired) electrons. The largest absolute Gasteiger partial charge is 0.462 e. The van der Waals surface area contributed by atoms with Gasteiger partial charge < -0.3 is 9.84 Å². The van der Waals surface area contributed by atoms with Crippen molar-refractivity contribution in [3.63, 3.8) is 0 Å². The summed E-state index contributed by atoms with van der Waals surface area (Å²) in [4.78, 5) is 12.1. The predicted molar refractivity (Wildman–Crippen MR) is 95.7 cm³/mol. The highest BCUT2D eigenvalue weighted by molar-refractivity contribution is 5.69. The number of aromatic nitrogens is 3. The molecule has 2 rings (SSSR count). The molecular formula is C19H31N3O3. The van der Waals surface area contributed by atoms with Crippen LogP contribution in [0.15, 0.2) is 18.3 Å². The van der Waals surface area contributed by atoms with E-state index in [-0.39, 0.29) is 18.0 Å². The number of nitrogens with zero attached hydrogens (tertiary/aromatic N) is 3. The van der Waals surface area contributed by atoms with Gasteiger partial charge in [-0.05, 0) is 25.7 Å². The van der Waals surface area contributed by atoms with Crippen LogP contribution in [0.4, 0.5) is 0 Å². The van der Waals surface area contributed by atoms with E-state index in [0.717, 1.165) is 32.1 Å². The lowest BCUT2D eigenvalue weighted by atomic mass is 9.97. The van der Waals surface area contributed by atoms with E-state index >= 15 is 0 Å². The summed E-state index contributed by atoms with van der Waals surface area (Å²) in [6.45, 7) is 6.59. The maximum absolute atomic E-state index is 12.1. The molecule has 0 saturated carbocycles. The van der Waals surface area contributed by atoms with Crippen LogP contribution in [-0.4, -0.2) is 32.2 Å². The Kier molecular flexibility index (Phi) is 7.62. The quantitative estimate of drug-likeness (QED) is 0.666. The first-order chi connectivity index (χ1) is 12.0. The van der Waals surface area contributed by atoms with E-state index in [1.807, 2.05) is 0 Å². The number of aliphatic hydroxyl groups excluding tert-OH is 1. The van der Waals surface area contributed by atoms with Gasteiger partial charge in [-0.1, -0.05) is 44.1 Å². The maximum Gasteiger partial charge on any atom is 0.306 e. The summed E-state index contributed by atoms with van der Waals surface area (Å²) in [7, 11) is 0. The summed E-state index contributed by atoms with van der Waals surface area (Å²) < 4.78 is 7.45. The molecule has 1 aliphatic rings. The first kappa shape index (κ1) is 19.6. The summed E-state index contributed by atoms with van der Waals surface area (Å²) in [5.74, 6) is 0.663. The van der Waals surface area contributed by atoms with Gasteiger partial charge >= 0.3 is 5.97 Å². The second-order valence-electron chi connectivity index (χ2n) is 7.34. The molecule has 0 aliphatic carbocycles. The number of hydrogen-bond acceptors (Lipinski definition) is 5. The van der Waals surface area contributed by atoms with Crippen LogP contribution in [0, 0.1) is 11.8 Å². The second-order valence-corrected chi connectivity index (χ2v) is 7.34. The zero-order valence-electron chi connectivity index (χ0n) is 15.6. The Morgan fingerprint density at radius 2 is 2.08 bits per heavy atom. The Bertz CT molecular complexity index is 568. The lowest BCUT2D eigenvalue weighted by Crippen LogP contribution is -2.28. The zero-order chi connectivity index (χ0) is 18.2. The molecule has 0 aromatic carbocycles. The first-order valence-corrected chi connectivity index (χ1v) is 9.38. The minimum Gasteiger partial charge on any atom is -0.462 e. The van der Waals surface area contributed by atoms with Crippen LogP contribution in [0.25, 0.3) is 0 Å². The van der Waals surface area contributed by atoms with Crippen molar-refractivity contribution < 1.29 is 14.6 Å². The van der Waals surface area contributed by atoms with Crippen molar-refractivity contribution >= 4 is 5.97 Å². The van der Waals surface area contributed by atoms with Crippen molar-refractivity contribution in [1.29, 1.82) is 0 Å². The van der Waals surface area contributed by atoms with E-state index in [1.165, 1.54) is 0 Å². The minimum absolute atomic E-state index is 0.109. The normalized spacial score (nSPS) is 26.8. The first-order valence-electron chi connectivity index (χ1n) is 9.38. The summed E-state index contributed by atoms with van der Waals surface area (Å²) in [6, 6.07) is 0. The van der Waals surface area contributed by atoms with Gasteiger partial charge in [0.1, 0.15) is 11.8 Å². The lowest BCUT2D eigenvalue weighted by Gasteiger charge is -2.23. The van der Waals surface area contributed by atoms with Crippen LogP contribution in [0.3, 0.4) is 0 Å². The molecule has 2 heterocycles. The van der Waals surface area contributed by atoms with E-state index in [0.29, 0.717) is 24.6 Å². The van der Waals surface area contributed by atoms with Crippen molar-refractivity contribution in [2.24, 2.45) is 11.8 Å². The Morgan fingerprint density at radius 3 is 2.80 bits per heavy atom. The number of carbonyl (C=O) groups is 1. The molecule has 6 nitrogen and oxygen atoms in total. The van der Waals surface area contributed by atoms with Crippen molar-refractivity contribution in [3.05, 3.63) is 24.0 Å². The molecule has 1 N–H and O–H groups in total. The molecule has 0 spiro atoms. The summed E-state index contributed by atoms with van der Waals surface area (Å²) >= 11 is 0. The third-order valence-corrected chi connectivity index (χ3v) is 4.78. The second kappa shape index (κ2) is 9.70. The average Bonchev–Trinajstić information content (AvgIpc) is 3.02. The molecule has 25 heavy (non-hydrogen) atoms. The van der Waals surface area contributed by atoms with Gasteiger partial charge in [0.15, 0.2) is 0 Å². The number of hydrogen-bond donors (Lipinski definition) is 1. The number of cyclic esters (lactones) is 1. The van der Waals surface area contributed by atoms with Crippen molar-refractivity contribution in [2.75, 3.05) is 0 Å². The maximum atomic E-state index is 12.1. The number of esters is 1. The van der Waals surface area contributed by atoms with Crippen LogP contribution in [0.2, 0.25) is 0 Å². The molecular weight excluding hydrogens is 318 g/mol.